The molecule has 1 spiro atoms. The molecule has 0 aromatic carbocycles. The van der Waals surface area contributed by atoms with Gasteiger partial charge in [0.1, 0.15) is 17.8 Å². The number of hydrogen-bond donors (Lipinski definition) is 1. The molecule has 5 aliphatic rings. The van der Waals surface area contributed by atoms with Crippen LogP contribution in [0.3, 0.4) is 0 Å². The molecule has 0 radical (unpaired) electrons. The Labute approximate surface area is 206 Å². The Hall–Kier alpha value is -1.86. The highest BCUT2D eigenvalue weighted by molar-refractivity contribution is 5.82. The number of hydrogen-bond acceptors (Lipinski definition) is 7. The van der Waals surface area contributed by atoms with Crippen LogP contribution in [0, 0.1) is 33.5 Å². The quantitative estimate of drug-likeness (QED) is 0.483. The van der Waals surface area contributed by atoms with Crippen LogP contribution in [0.4, 0.5) is 0 Å². The Morgan fingerprint density at radius 2 is 1.83 bits per heavy atom. The fraction of sp³-hybridized carbons (Fsp3) is 0.786. The number of epoxide rings is 1. The van der Waals surface area contributed by atoms with Crippen LogP contribution in [-0.4, -0.2) is 41.0 Å². The molecule has 3 saturated carbocycles. The summed E-state index contributed by atoms with van der Waals surface area (Å²) in [4.78, 5) is 25.7. The molecule has 1 aromatic rings. The Morgan fingerprint density at radius 3 is 2.49 bits per heavy atom. The molecule has 5 fully saturated rings. The number of rotatable bonds is 2. The van der Waals surface area contributed by atoms with Gasteiger partial charge in [-0.1, -0.05) is 34.6 Å². The fourth-order valence-corrected chi connectivity index (χ4v) is 9.88. The Kier molecular flexibility index (Phi) is 4.65. The summed E-state index contributed by atoms with van der Waals surface area (Å²) in [5.74, 6) is -0.319. The van der Waals surface area contributed by atoms with Crippen molar-refractivity contribution < 1.29 is 33.3 Å². The van der Waals surface area contributed by atoms with Crippen molar-refractivity contribution in [2.24, 2.45) is 33.5 Å². The van der Waals surface area contributed by atoms with Crippen molar-refractivity contribution in [1.82, 2.24) is 0 Å². The highest BCUT2D eigenvalue weighted by Gasteiger charge is 2.88. The maximum Gasteiger partial charge on any atom is 0.339 e. The van der Waals surface area contributed by atoms with Crippen LogP contribution in [0.2, 0.25) is 0 Å². The van der Waals surface area contributed by atoms with Gasteiger partial charge in [-0.05, 0) is 60.8 Å². The van der Waals surface area contributed by atoms with Crippen molar-refractivity contribution in [1.29, 1.82) is 0 Å². The molecule has 1 aromatic heterocycles. The minimum atomic E-state index is -0.797. The van der Waals surface area contributed by atoms with Crippen LogP contribution in [0.15, 0.2) is 23.0 Å². The molecule has 3 heterocycles. The molecule has 10 atom stereocenters. The third-order valence-corrected chi connectivity index (χ3v) is 11.5. The van der Waals surface area contributed by atoms with Crippen LogP contribution in [0.5, 0.6) is 0 Å². The van der Waals surface area contributed by atoms with Crippen molar-refractivity contribution in [2.75, 3.05) is 0 Å². The van der Waals surface area contributed by atoms with E-state index in [2.05, 4.69) is 34.6 Å². The van der Waals surface area contributed by atoms with E-state index in [-0.39, 0.29) is 34.6 Å². The number of carbonyl (C=O) groups is 2. The predicted octanol–water partition coefficient (Wildman–Crippen LogP) is 4.58. The zero-order valence-electron chi connectivity index (χ0n) is 21.6. The molecule has 6 rings (SSSR count). The van der Waals surface area contributed by atoms with Crippen molar-refractivity contribution in [3.63, 3.8) is 0 Å². The van der Waals surface area contributed by atoms with E-state index in [1.165, 1.54) is 6.92 Å². The van der Waals surface area contributed by atoms with Crippen molar-refractivity contribution >= 4 is 11.9 Å². The minimum absolute atomic E-state index is 0.0762. The van der Waals surface area contributed by atoms with Gasteiger partial charge < -0.3 is 23.7 Å². The summed E-state index contributed by atoms with van der Waals surface area (Å²) in [5.41, 5.74) is -1.42. The molecule has 192 valence electrons. The lowest BCUT2D eigenvalue weighted by Crippen LogP contribution is -2.73. The second-order valence-corrected chi connectivity index (χ2v) is 13.2. The molecule has 1 N–H and O–H groups in total. The summed E-state index contributed by atoms with van der Waals surface area (Å²) in [6, 6.07) is 1.86. The molecule has 7 nitrogen and oxygen atoms in total. The van der Waals surface area contributed by atoms with Gasteiger partial charge in [-0.25, -0.2) is 4.79 Å². The molecule has 2 aliphatic heterocycles. The largest absolute Gasteiger partial charge is 0.472 e. The van der Waals surface area contributed by atoms with Gasteiger partial charge in [0.2, 0.25) is 0 Å². The number of fused-ring (bicyclic) bond motifs is 3. The lowest BCUT2D eigenvalue weighted by Gasteiger charge is -2.70. The average Bonchev–Trinajstić information content (AvgIpc) is 3.35. The minimum Gasteiger partial charge on any atom is -0.472 e. The number of esters is 2. The summed E-state index contributed by atoms with van der Waals surface area (Å²) in [7, 11) is 0. The maximum atomic E-state index is 13.3. The summed E-state index contributed by atoms with van der Waals surface area (Å²) in [5, 5.41) is 11.0. The number of aliphatic hydroxyl groups is 1. The Morgan fingerprint density at radius 1 is 1.09 bits per heavy atom. The van der Waals surface area contributed by atoms with Gasteiger partial charge in [-0.15, -0.1) is 0 Å². The molecule has 7 heteroatoms. The summed E-state index contributed by atoms with van der Waals surface area (Å²) < 4.78 is 24.1. The molecular weight excluding hydrogens is 448 g/mol. The van der Waals surface area contributed by atoms with Crippen LogP contribution >= 0.6 is 0 Å². The van der Waals surface area contributed by atoms with E-state index in [9.17, 15) is 14.7 Å². The average molecular weight is 487 g/mol. The Balaban J connectivity index is 1.53. The number of furan rings is 1. The zero-order valence-corrected chi connectivity index (χ0v) is 21.6. The van der Waals surface area contributed by atoms with Crippen LogP contribution < -0.4 is 0 Å². The van der Waals surface area contributed by atoms with E-state index in [0.29, 0.717) is 6.42 Å². The lowest BCUT2D eigenvalue weighted by atomic mass is 9.34. The van der Waals surface area contributed by atoms with Crippen molar-refractivity contribution in [2.45, 2.75) is 104 Å². The molecule has 0 amide bonds. The molecule has 0 unspecified atom stereocenters. The fourth-order valence-electron chi connectivity index (χ4n) is 9.88. The topological polar surface area (TPSA) is 98.5 Å². The van der Waals surface area contributed by atoms with Gasteiger partial charge in [0.15, 0.2) is 6.10 Å². The van der Waals surface area contributed by atoms with Crippen molar-refractivity contribution in [3.8, 4) is 0 Å². The van der Waals surface area contributed by atoms with E-state index in [4.69, 9.17) is 18.6 Å². The van der Waals surface area contributed by atoms with E-state index in [1.807, 2.05) is 6.07 Å². The molecule has 2 saturated heterocycles. The van der Waals surface area contributed by atoms with E-state index in [1.54, 1.807) is 12.5 Å². The number of carbonyl (C=O) groups excluding carboxylic acids is 2. The van der Waals surface area contributed by atoms with Crippen LogP contribution in [0.1, 0.15) is 85.3 Å². The monoisotopic (exact) mass is 486 g/mol. The summed E-state index contributed by atoms with van der Waals surface area (Å²) >= 11 is 0. The Bertz CT molecular complexity index is 1060. The molecular formula is C28H38O7. The second-order valence-electron chi connectivity index (χ2n) is 13.2. The third-order valence-electron chi connectivity index (χ3n) is 11.5. The first kappa shape index (κ1) is 23.5. The first-order chi connectivity index (χ1) is 16.3. The van der Waals surface area contributed by atoms with Gasteiger partial charge >= 0.3 is 11.9 Å². The van der Waals surface area contributed by atoms with E-state index in [0.717, 1.165) is 31.2 Å². The van der Waals surface area contributed by atoms with Gasteiger partial charge in [-0.2, -0.15) is 0 Å². The van der Waals surface area contributed by atoms with Crippen LogP contribution in [0.25, 0.3) is 0 Å². The SMILES string of the molecule is CC(=O)O[C@H]1C[C@@H]2C(C)(C)[C@@H](O)CC[C@]2(C)[C@@H]2CC[C@@]3(C)[C@H](c4ccoc4)OC(=O)[C@H]4O[C@]43[C@]12C. The molecule has 3 aliphatic carbocycles. The third kappa shape index (κ3) is 2.59. The van der Waals surface area contributed by atoms with Crippen molar-refractivity contribution in [3.05, 3.63) is 24.2 Å². The first-order valence-electron chi connectivity index (χ1n) is 13.1. The van der Waals surface area contributed by atoms with E-state index >= 15 is 0 Å². The highest BCUT2D eigenvalue weighted by atomic mass is 16.7. The van der Waals surface area contributed by atoms with E-state index < -0.39 is 40.8 Å². The van der Waals surface area contributed by atoms with Gasteiger partial charge in [0.25, 0.3) is 0 Å². The van der Waals surface area contributed by atoms with Gasteiger partial charge in [-0.3, -0.25) is 4.79 Å². The second kappa shape index (κ2) is 6.91. The summed E-state index contributed by atoms with van der Waals surface area (Å²) in [6.07, 6.45) is 5.33. The zero-order chi connectivity index (χ0) is 25.2. The maximum absolute atomic E-state index is 13.3. The lowest BCUT2D eigenvalue weighted by molar-refractivity contribution is -0.275. The highest BCUT2D eigenvalue weighted by Crippen LogP contribution is 2.80. The predicted molar refractivity (Wildman–Crippen MR) is 125 cm³/mol. The van der Waals surface area contributed by atoms with Gasteiger partial charge in [0.05, 0.1) is 18.6 Å². The van der Waals surface area contributed by atoms with Gasteiger partial charge in [0, 0.05) is 23.3 Å². The first-order valence-corrected chi connectivity index (χ1v) is 13.1. The van der Waals surface area contributed by atoms with Crippen LogP contribution in [-0.2, 0) is 23.8 Å². The molecule has 35 heavy (non-hydrogen) atoms. The normalized spacial score (nSPS) is 51.7. The number of cyclic esters (lactones) is 1. The molecule has 0 bridgehead atoms. The summed E-state index contributed by atoms with van der Waals surface area (Å²) in [6.45, 7) is 12.5. The smallest absolute Gasteiger partial charge is 0.339 e. The standard InChI is InChI=1S/C28H38O7/c1-15(29)33-20-13-18-24(2,3)19(30)8-10-25(18,4)17-7-11-26(5)21(16-9-12-32-14-16)34-23(31)22-28(26,35-22)27(17,20)6/h9,12,14,17-22,30H,7-8,10-11,13H2,1-6H3/t17-,18+,19-,20-,21-,22+,25+,26-,27-,28+/m0/s1. The number of ether oxygens (including phenoxy) is 3. The number of aliphatic hydroxyl groups excluding tert-OH is 1.